The maximum Gasteiger partial charge on any atom is 0.416 e. The molecule has 14 heteroatoms. The van der Waals surface area contributed by atoms with Crippen molar-refractivity contribution in [1.29, 1.82) is 0 Å². The highest BCUT2D eigenvalue weighted by molar-refractivity contribution is 7.99. The molecule has 2 amide bonds. The lowest BCUT2D eigenvalue weighted by atomic mass is 10.2. The first-order valence-electron chi connectivity index (χ1n) is 12.8. The summed E-state index contributed by atoms with van der Waals surface area (Å²) in [7, 11) is 1.43. The maximum atomic E-state index is 13.5. The standard InChI is InChI=1S/C29H26F3N5O5S/c1-3-42-27(40)18-11-13-20(14-12-18)34-25(38)17-43-28-36-35-24(16-33-26(39)22-9-4-5-10-23(22)41-2)37(28)21-8-6-7-19(15-21)29(30,31)32/h4-15H,3,16-17H2,1-2H3,(H,33,39)(H,34,38). The lowest BCUT2D eigenvalue weighted by Gasteiger charge is -2.14. The molecule has 224 valence electrons. The molecule has 1 heterocycles. The van der Waals surface area contributed by atoms with Crippen LogP contribution in [0.3, 0.4) is 0 Å². The summed E-state index contributed by atoms with van der Waals surface area (Å²) in [5.74, 6) is -1.08. The van der Waals surface area contributed by atoms with Gasteiger partial charge in [-0.3, -0.25) is 14.2 Å². The Kier molecular flexibility index (Phi) is 10.0. The van der Waals surface area contributed by atoms with Gasteiger partial charge in [0.25, 0.3) is 5.91 Å². The van der Waals surface area contributed by atoms with Gasteiger partial charge in [-0.05, 0) is 61.5 Å². The Hall–Kier alpha value is -4.85. The van der Waals surface area contributed by atoms with Crippen molar-refractivity contribution in [3.8, 4) is 11.4 Å². The molecule has 0 aliphatic heterocycles. The number of anilines is 1. The minimum atomic E-state index is -4.60. The van der Waals surface area contributed by atoms with Crippen LogP contribution in [-0.2, 0) is 22.3 Å². The van der Waals surface area contributed by atoms with Gasteiger partial charge in [-0.15, -0.1) is 10.2 Å². The minimum Gasteiger partial charge on any atom is -0.496 e. The number of nitrogens with zero attached hydrogens (tertiary/aromatic N) is 3. The van der Waals surface area contributed by atoms with Crippen LogP contribution in [0.2, 0.25) is 0 Å². The quantitative estimate of drug-likeness (QED) is 0.176. The zero-order valence-corrected chi connectivity index (χ0v) is 23.8. The van der Waals surface area contributed by atoms with E-state index in [1.165, 1.54) is 35.9 Å². The number of carbonyl (C=O) groups is 3. The third-order valence-corrected chi connectivity index (χ3v) is 6.83. The van der Waals surface area contributed by atoms with E-state index in [0.29, 0.717) is 17.0 Å². The summed E-state index contributed by atoms with van der Waals surface area (Å²) in [5.41, 5.74) is 0.227. The molecule has 0 unspecified atom stereocenters. The zero-order valence-electron chi connectivity index (χ0n) is 23.0. The number of hydrogen-bond acceptors (Lipinski definition) is 8. The number of alkyl halides is 3. The van der Waals surface area contributed by atoms with Gasteiger partial charge in [0, 0.05) is 5.69 Å². The van der Waals surface area contributed by atoms with Crippen LogP contribution in [0.25, 0.3) is 5.69 Å². The van der Waals surface area contributed by atoms with Crippen molar-refractivity contribution in [3.63, 3.8) is 0 Å². The molecule has 2 N–H and O–H groups in total. The molecule has 3 aromatic carbocycles. The summed E-state index contributed by atoms with van der Waals surface area (Å²) in [6, 6.07) is 17.2. The second kappa shape index (κ2) is 13.9. The van der Waals surface area contributed by atoms with Crippen LogP contribution in [-0.4, -0.2) is 52.0 Å². The highest BCUT2D eigenvalue weighted by Crippen LogP contribution is 2.32. The van der Waals surface area contributed by atoms with Gasteiger partial charge in [-0.1, -0.05) is 30.0 Å². The molecule has 1 aromatic heterocycles. The Labute approximate surface area is 248 Å². The number of hydrogen-bond donors (Lipinski definition) is 2. The fraction of sp³-hybridized carbons (Fsp3) is 0.207. The summed E-state index contributed by atoms with van der Waals surface area (Å²) in [4.78, 5) is 37.3. The molecule has 0 aliphatic carbocycles. The second-order valence-electron chi connectivity index (χ2n) is 8.80. The molecule has 4 rings (SSSR count). The van der Waals surface area contributed by atoms with Gasteiger partial charge >= 0.3 is 12.1 Å². The smallest absolute Gasteiger partial charge is 0.416 e. The summed E-state index contributed by atoms with van der Waals surface area (Å²) in [6.07, 6.45) is -4.60. The van der Waals surface area contributed by atoms with Crippen LogP contribution in [0.15, 0.2) is 78.0 Å². The van der Waals surface area contributed by atoms with E-state index in [0.717, 1.165) is 23.9 Å². The van der Waals surface area contributed by atoms with Gasteiger partial charge in [-0.25, -0.2) is 4.79 Å². The lowest BCUT2D eigenvalue weighted by Crippen LogP contribution is -2.25. The molecule has 0 atom stereocenters. The Morgan fingerprint density at radius 2 is 1.72 bits per heavy atom. The number of ether oxygens (including phenoxy) is 2. The SMILES string of the molecule is CCOC(=O)c1ccc(NC(=O)CSc2nnc(CNC(=O)c3ccccc3OC)n2-c2cccc(C(F)(F)F)c2)cc1. The number of carbonyl (C=O) groups excluding carboxylic acids is 3. The number of methoxy groups -OCH3 is 1. The van der Waals surface area contributed by atoms with E-state index in [2.05, 4.69) is 20.8 Å². The number of amides is 2. The molecule has 10 nitrogen and oxygen atoms in total. The van der Waals surface area contributed by atoms with E-state index in [9.17, 15) is 27.6 Å². The Morgan fingerprint density at radius 3 is 2.42 bits per heavy atom. The Bertz CT molecular complexity index is 1610. The van der Waals surface area contributed by atoms with Gasteiger partial charge in [-0.2, -0.15) is 13.2 Å². The predicted molar refractivity (Wildman–Crippen MR) is 152 cm³/mol. The molecule has 0 saturated carbocycles. The van der Waals surface area contributed by atoms with Crippen molar-refractivity contribution in [3.05, 3.63) is 95.3 Å². The topological polar surface area (TPSA) is 124 Å². The third-order valence-electron chi connectivity index (χ3n) is 5.90. The third kappa shape index (κ3) is 7.92. The van der Waals surface area contributed by atoms with Crippen LogP contribution in [0.4, 0.5) is 18.9 Å². The first kappa shape index (κ1) is 31.1. The van der Waals surface area contributed by atoms with Gasteiger partial charge in [0.2, 0.25) is 5.91 Å². The number of thioether (sulfide) groups is 1. The van der Waals surface area contributed by atoms with Crippen LogP contribution >= 0.6 is 11.8 Å². The maximum absolute atomic E-state index is 13.5. The van der Waals surface area contributed by atoms with E-state index in [1.807, 2.05) is 0 Å². The van der Waals surface area contributed by atoms with Gasteiger partial charge in [0.1, 0.15) is 5.75 Å². The molecule has 4 aromatic rings. The molecule has 0 radical (unpaired) electrons. The summed E-state index contributed by atoms with van der Waals surface area (Å²) in [6.45, 7) is 1.74. The van der Waals surface area contributed by atoms with Crippen molar-refractivity contribution in [1.82, 2.24) is 20.1 Å². The number of aromatic nitrogens is 3. The van der Waals surface area contributed by atoms with E-state index in [1.54, 1.807) is 43.3 Å². The fourth-order valence-electron chi connectivity index (χ4n) is 3.91. The molecule has 0 bridgehead atoms. The molecule has 0 spiro atoms. The van der Waals surface area contributed by atoms with E-state index in [-0.39, 0.29) is 41.1 Å². The van der Waals surface area contributed by atoms with Crippen molar-refractivity contribution in [2.75, 3.05) is 24.8 Å². The predicted octanol–water partition coefficient (Wildman–Crippen LogP) is 5.13. The van der Waals surface area contributed by atoms with Gasteiger partial charge in [0.05, 0.1) is 48.4 Å². The molecule has 0 fully saturated rings. The second-order valence-corrected chi connectivity index (χ2v) is 9.74. The Morgan fingerprint density at radius 1 is 0.977 bits per heavy atom. The zero-order chi connectivity index (χ0) is 31.0. The van der Waals surface area contributed by atoms with Crippen LogP contribution < -0.4 is 15.4 Å². The molecular weight excluding hydrogens is 587 g/mol. The highest BCUT2D eigenvalue weighted by Gasteiger charge is 2.31. The molecule has 0 aliphatic rings. The lowest BCUT2D eigenvalue weighted by molar-refractivity contribution is -0.137. The van der Waals surface area contributed by atoms with Crippen molar-refractivity contribution < 1.29 is 37.0 Å². The fourth-order valence-corrected chi connectivity index (χ4v) is 4.68. The normalized spacial score (nSPS) is 11.1. The number of rotatable bonds is 11. The molecular formula is C29H26F3N5O5S. The first-order valence-corrected chi connectivity index (χ1v) is 13.8. The van der Waals surface area contributed by atoms with Crippen LogP contribution in [0.5, 0.6) is 5.75 Å². The van der Waals surface area contributed by atoms with Gasteiger partial charge < -0.3 is 20.1 Å². The highest BCUT2D eigenvalue weighted by atomic mass is 32.2. The first-order chi connectivity index (χ1) is 20.6. The van der Waals surface area contributed by atoms with E-state index < -0.39 is 29.5 Å². The number of para-hydroxylation sites is 1. The number of benzene rings is 3. The van der Waals surface area contributed by atoms with Crippen LogP contribution in [0.1, 0.15) is 39.0 Å². The minimum absolute atomic E-state index is 0.0961. The number of esters is 1. The molecule has 0 saturated heterocycles. The number of nitrogens with one attached hydrogen (secondary N) is 2. The van der Waals surface area contributed by atoms with Crippen molar-refractivity contribution >= 4 is 35.2 Å². The summed E-state index contributed by atoms with van der Waals surface area (Å²) in [5, 5.41) is 13.7. The monoisotopic (exact) mass is 613 g/mol. The average molecular weight is 614 g/mol. The Balaban J connectivity index is 1.53. The molecule has 43 heavy (non-hydrogen) atoms. The van der Waals surface area contributed by atoms with Crippen molar-refractivity contribution in [2.24, 2.45) is 0 Å². The largest absolute Gasteiger partial charge is 0.496 e. The van der Waals surface area contributed by atoms with Crippen LogP contribution in [0, 0.1) is 0 Å². The summed E-state index contributed by atoms with van der Waals surface area (Å²) >= 11 is 0.944. The average Bonchev–Trinajstić information content (AvgIpc) is 3.41. The van der Waals surface area contributed by atoms with E-state index >= 15 is 0 Å². The number of halogens is 3. The van der Waals surface area contributed by atoms with E-state index in [4.69, 9.17) is 9.47 Å². The summed E-state index contributed by atoms with van der Waals surface area (Å²) < 4.78 is 52.0. The van der Waals surface area contributed by atoms with Crippen molar-refractivity contribution in [2.45, 2.75) is 24.8 Å². The van der Waals surface area contributed by atoms with Gasteiger partial charge in [0.15, 0.2) is 11.0 Å².